The zero-order valence-electron chi connectivity index (χ0n) is 13.8. The lowest BCUT2D eigenvalue weighted by molar-refractivity contribution is 0.0848. The number of carbonyl (C=O) groups excluding carboxylic acids is 1. The average molecular weight is 403 g/mol. The minimum absolute atomic E-state index is 0.00117. The Balaban J connectivity index is 1.97. The molecule has 3 rings (SSSR count). The molecule has 0 atom stereocenters. The fourth-order valence-corrected chi connectivity index (χ4v) is 3.97. The lowest BCUT2D eigenvalue weighted by Crippen LogP contribution is -2.39. The normalized spacial score (nSPS) is 16.5. The molecule has 1 aliphatic rings. The summed E-state index contributed by atoms with van der Waals surface area (Å²) in [4.78, 5) is 19.6. The Morgan fingerprint density at radius 3 is 2.79 bits per heavy atom. The topological polar surface area (TPSA) is 32.7 Å². The van der Waals surface area contributed by atoms with Crippen molar-refractivity contribution in [3.63, 3.8) is 0 Å². The second kappa shape index (κ2) is 7.53. The Morgan fingerprint density at radius 1 is 1.21 bits per heavy atom. The number of benzene rings is 2. The van der Waals surface area contributed by atoms with Crippen molar-refractivity contribution < 1.29 is 4.79 Å². The Hall–Kier alpha value is -1.59. The van der Waals surface area contributed by atoms with Crippen LogP contribution < -0.4 is 0 Å². The van der Waals surface area contributed by atoms with E-state index >= 15 is 0 Å². The summed E-state index contributed by atoms with van der Waals surface area (Å²) in [6.45, 7) is 4.81. The molecule has 0 spiro atoms. The zero-order valence-corrected chi connectivity index (χ0v) is 16.2. The number of hydrogen-bond acceptors (Lipinski definition) is 3. The van der Waals surface area contributed by atoms with E-state index in [0.717, 1.165) is 33.1 Å². The van der Waals surface area contributed by atoms with Crippen molar-refractivity contribution >= 4 is 44.5 Å². The molecule has 124 valence electrons. The number of aryl methyl sites for hydroxylation is 2. The number of halogens is 1. The van der Waals surface area contributed by atoms with Gasteiger partial charge in [0.15, 0.2) is 5.17 Å². The van der Waals surface area contributed by atoms with Crippen molar-refractivity contribution in [2.24, 2.45) is 4.99 Å². The van der Waals surface area contributed by atoms with Gasteiger partial charge in [-0.25, -0.2) is 4.99 Å². The highest BCUT2D eigenvalue weighted by Crippen LogP contribution is 2.28. The maximum Gasteiger partial charge on any atom is 0.260 e. The first-order valence-electron chi connectivity index (χ1n) is 7.91. The van der Waals surface area contributed by atoms with E-state index in [9.17, 15) is 4.79 Å². The van der Waals surface area contributed by atoms with Crippen LogP contribution in [-0.2, 0) is 0 Å². The molecule has 1 fully saturated rings. The van der Waals surface area contributed by atoms with Crippen molar-refractivity contribution in [1.82, 2.24) is 4.90 Å². The number of hydrogen-bond donors (Lipinski definition) is 0. The van der Waals surface area contributed by atoms with Crippen LogP contribution in [-0.4, -0.2) is 28.3 Å². The summed E-state index contributed by atoms with van der Waals surface area (Å²) >= 11 is 5.13. The molecule has 5 heteroatoms. The van der Waals surface area contributed by atoms with Crippen molar-refractivity contribution in [3.05, 3.63) is 63.6 Å². The highest BCUT2D eigenvalue weighted by Gasteiger charge is 2.26. The second-order valence-electron chi connectivity index (χ2n) is 5.82. The summed E-state index contributed by atoms with van der Waals surface area (Å²) < 4.78 is 0.816. The maximum atomic E-state index is 13.0. The van der Waals surface area contributed by atoms with E-state index < -0.39 is 0 Å². The highest BCUT2D eigenvalue weighted by molar-refractivity contribution is 9.10. The van der Waals surface area contributed by atoms with Crippen molar-refractivity contribution in [1.29, 1.82) is 0 Å². The molecule has 0 unspecified atom stereocenters. The monoisotopic (exact) mass is 402 g/mol. The third-order valence-corrected chi connectivity index (χ3v) is 5.67. The van der Waals surface area contributed by atoms with E-state index in [4.69, 9.17) is 4.99 Å². The second-order valence-corrected chi connectivity index (χ2v) is 7.74. The number of carbonyl (C=O) groups is 1. The van der Waals surface area contributed by atoms with Gasteiger partial charge in [0.05, 0.1) is 11.3 Å². The Kier molecular flexibility index (Phi) is 5.41. The minimum atomic E-state index is -0.00117. The molecule has 0 aromatic heterocycles. The predicted molar refractivity (Wildman–Crippen MR) is 105 cm³/mol. The first-order chi connectivity index (χ1) is 11.6. The van der Waals surface area contributed by atoms with Gasteiger partial charge in [-0.1, -0.05) is 36.0 Å². The Labute approximate surface area is 155 Å². The first-order valence-corrected chi connectivity index (χ1v) is 9.69. The number of aliphatic imine (C=N–C) groups is 1. The van der Waals surface area contributed by atoms with Crippen molar-refractivity contribution in [2.45, 2.75) is 20.3 Å². The largest absolute Gasteiger partial charge is 0.287 e. The molecule has 0 radical (unpaired) electrons. The molecule has 2 aromatic carbocycles. The van der Waals surface area contributed by atoms with Gasteiger partial charge >= 0.3 is 0 Å². The lowest BCUT2D eigenvalue weighted by atomic mass is 10.1. The smallest absolute Gasteiger partial charge is 0.260 e. The van der Waals surface area contributed by atoms with Gasteiger partial charge in [-0.3, -0.25) is 9.69 Å². The summed E-state index contributed by atoms with van der Waals surface area (Å²) in [6, 6.07) is 13.8. The average Bonchev–Trinajstić information content (AvgIpc) is 2.58. The fourth-order valence-electron chi connectivity index (χ4n) is 2.56. The first kappa shape index (κ1) is 17.2. The number of amides is 1. The molecule has 1 heterocycles. The van der Waals surface area contributed by atoms with Crippen LogP contribution in [0.25, 0.3) is 0 Å². The van der Waals surface area contributed by atoms with Crippen LogP contribution in [0.2, 0.25) is 0 Å². The fraction of sp³-hybridized carbons (Fsp3) is 0.263. The standard InChI is InChI=1S/C19H19BrN2OS/c1-13-8-9-14(2)17(12-13)21-19-22(10-5-11-24-19)18(23)15-6-3-4-7-16(15)20/h3-4,6-9,12H,5,10-11H2,1-2H3. The van der Waals surface area contributed by atoms with Gasteiger partial charge in [0.25, 0.3) is 5.91 Å². The lowest BCUT2D eigenvalue weighted by Gasteiger charge is -2.28. The number of nitrogens with zero attached hydrogens (tertiary/aromatic N) is 2. The molecule has 0 saturated carbocycles. The molecular weight excluding hydrogens is 384 g/mol. The molecule has 1 saturated heterocycles. The van der Waals surface area contributed by atoms with Gasteiger partial charge in [-0.15, -0.1) is 0 Å². The highest BCUT2D eigenvalue weighted by atomic mass is 79.9. The third-order valence-electron chi connectivity index (χ3n) is 3.92. The van der Waals surface area contributed by atoms with Gasteiger partial charge in [-0.05, 0) is 65.5 Å². The van der Waals surface area contributed by atoms with Crippen molar-refractivity contribution in [2.75, 3.05) is 12.3 Å². The predicted octanol–water partition coefficient (Wildman–Crippen LogP) is 5.33. The summed E-state index contributed by atoms with van der Waals surface area (Å²) in [5.41, 5.74) is 3.90. The third kappa shape index (κ3) is 3.73. The molecule has 1 amide bonds. The Bertz CT molecular complexity index is 804. The molecule has 1 aliphatic heterocycles. The van der Waals surface area contributed by atoms with Gasteiger partial charge < -0.3 is 0 Å². The zero-order chi connectivity index (χ0) is 17.1. The SMILES string of the molecule is Cc1ccc(C)c(N=C2SCCCN2C(=O)c2ccccc2Br)c1. The molecule has 0 N–H and O–H groups in total. The van der Waals surface area contributed by atoms with Gasteiger partial charge in [0, 0.05) is 16.8 Å². The van der Waals surface area contributed by atoms with Crippen LogP contribution in [0.3, 0.4) is 0 Å². The van der Waals surface area contributed by atoms with Gasteiger partial charge in [0.2, 0.25) is 0 Å². The maximum absolute atomic E-state index is 13.0. The molecule has 24 heavy (non-hydrogen) atoms. The van der Waals surface area contributed by atoms with E-state index in [1.807, 2.05) is 31.2 Å². The van der Waals surface area contributed by atoms with E-state index in [1.165, 1.54) is 5.56 Å². The van der Waals surface area contributed by atoms with Crippen LogP contribution in [0.4, 0.5) is 5.69 Å². The molecule has 0 aliphatic carbocycles. The van der Waals surface area contributed by atoms with E-state index in [-0.39, 0.29) is 5.91 Å². The summed E-state index contributed by atoms with van der Waals surface area (Å²) in [7, 11) is 0. The van der Waals surface area contributed by atoms with Crippen LogP contribution in [0.5, 0.6) is 0 Å². The van der Waals surface area contributed by atoms with Crippen LogP contribution >= 0.6 is 27.7 Å². The van der Waals surface area contributed by atoms with Crippen molar-refractivity contribution in [3.8, 4) is 0 Å². The molecular formula is C19H19BrN2OS. The van der Waals surface area contributed by atoms with Gasteiger partial charge in [-0.2, -0.15) is 0 Å². The minimum Gasteiger partial charge on any atom is -0.287 e. The Morgan fingerprint density at radius 2 is 2.00 bits per heavy atom. The molecule has 3 nitrogen and oxygen atoms in total. The van der Waals surface area contributed by atoms with E-state index in [1.54, 1.807) is 16.7 Å². The van der Waals surface area contributed by atoms with E-state index in [2.05, 4.69) is 41.1 Å². The van der Waals surface area contributed by atoms with E-state index in [0.29, 0.717) is 12.1 Å². The summed E-state index contributed by atoms with van der Waals surface area (Å²) in [6.07, 6.45) is 0.979. The van der Waals surface area contributed by atoms with Crippen LogP contribution in [0, 0.1) is 13.8 Å². The van der Waals surface area contributed by atoms with Crippen LogP contribution in [0.1, 0.15) is 27.9 Å². The summed E-state index contributed by atoms with van der Waals surface area (Å²) in [5.74, 6) is 0.988. The summed E-state index contributed by atoms with van der Waals surface area (Å²) in [5, 5.41) is 0.788. The van der Waals surface area contributed by atoms with Crippen LogP contribution in [0.15, 0.2) is 51.9 Å². The van der Waals surface area contributed by atoms with Gasteiger partial charge in [0.1, 0.15) is 0 Å². The number of thioether (sulfide) groups is 1. The number of rotatable bonds is 2. The molecule has 0 bridgehead atoms. The number of amidine groups is 1. The quantitative estimate of drug-likeness (QED) is 0.679. The molecule has 2 aromatic rings.